The molecule has 2 aromatic rings. The first kappa shape index (κ1) is 20.0. The molecule has 0 spiro atoms. The molecule has 142 valence electrons. The number of nitrogens with zero attached hydrogens (tertiary/aromatic N) is 1. The van der Waals surface area contributed by atoms with Gasteiger partial charge >= 0.3 is 0 Å². The van der Waals surface area contributed by atoms with Crippen molar-refractivity contribution in [3.8, 4) is 11.3 Å². The second-order valence-corrected chi connectivity index (χ2v) is 7.87. The Labute approximate surface area is 170 Å². The zero-order chi connectivity index (χ0) is 17.4. The van der Waals surface area contributed by atoms with Gasteiger partial charge in [-0.25, -0.2) is 0 Å². The van der Waals surface area contributed by atoms with Crippen LogP contribution in [0.3, 0.4) is 0 Å². The normalized spacial score (nSPS) is 22.9. The van der Waals surface area contributed by atoms with E-state index in [9.17, 15) is 0 Å². The molecule has 26 heavy (non-hydrogen) atoms. The molecule has 0 radical (unpaired) electrons. The van der Waals surface area contributed by atoms with E-state index >= 15 is 0 Å². The van der Waals surface area contributed by atoms with Crippen molar-refractivity contribution in [1.82, 2.24) is 10.5 Å². The molecule has 4 rings (SSSR count). The summed E-state index contributed by atoms with van der Waals surface area (Å²) in [6, 6.07) is 5.98. The summed E-state index contributed by atoms with van der Waals surface area (Å²) >= 11 is 12.8. The fourth-order valence-electron chi connectivity index (χ4n) is 3.49. The van der Waals surface area contributed by atoms with Gasteiger partial charge in [-0.2, -0.15) is 0 Å². The summed E-state index contributed by atoms with van der Waals surface area (Å²) in [7, 11) is 0. The van der Waals surface area contributed by atoms with Gasteiger partial charge in [-0.3, -0.25) is 0 Å². The van der Waals surface area contributed by atoms with Crippen molar-refractivity contribution >= 4 is 35.6 Å². The van der Waals surface area contributed by atoms with Gasteiger partial charge in [0.1, 0.15) is 11.5 Å². The van der Waals surface area contributed by atoms with Crippen LogP contribution in [0.4, 0.5) is 0 Å². The van der Waals surface area contributed by atoms with Crippen LogP contribution in [0.1, 0.15) is 49.8 Å². The van der Waals surface area contributed by atoms with E-state index in [0.29, 0.717) is 28.6 Å². The molecule has 4 nitrogen and oxygen atoms in total. The smallest absolute Gasteiger partial charge is 0.145 e. The average Bonchev–Trinajstić information content (AvgIpc) is 3.34. The van der Waals surface area contributed by atoms with Gasteiger partial charge in [0.05, 0.1) is 22.8 Å². The van der Waals surface area contributed by atoms with Gasteiger partial charge in [0.2, 0.25) is 0 Å². The molecule has 2 fully saturated rings. The fourth-order valence-corrected chi connectivity index (χ4v) is 4.06. The molecule has 2 aliphatic rings. The van der Waals surface area contributed by atoms with Crippen LogP contribution in [0.2, 0.25) is 10.0 Å². The third-order valence-corrected chi connectivity index (χ3v) is 5.64. The lowest BCUT2D eigenvalue weighted by Gasteiger charge is -2.28. The summed E-state index contributed by atoms with van der Waals surface area (Å²) in [6.07, 6.45) is 4.58. The summed E-state index contributed by atoms with van der Waals surface area (Å²) in [6.45, 7) is 3.68. The molecule has 1 aliphatic carbocycles. The van der Waals surface area contributed by atoms with Crippen LogP contribution in [0.25, 0.3) is 11.3 Å². The highest BCUT2D eigenvalue weighted by molar-refractivity contribution is 6.39. The summed E-state index contributed by atoms with van der Waals surface area (Å²) in [5.41, 5.74) is 2.46. The Balaban J connectivity index is 0.00000196. The van der Waals surface area contributed by atoms with E-state index in [1.54, 1.807) is 0 Å². The van der Waals surface area contributed by atoms with Gasteiger partial charge in [0.15, 0.2) is 0 Å². The standard InChI is InChI=1S/C19H22Cl2N2O2.ClH/c1-11-9-13(7-8-22-11)24-10-14-18(23-25-19(14)12-5-6-12)17-15(20)3-2-4-16(17)21;/h2-4,11-13,22H,5-10H2,1H3;1H/t11-,13-;/m1./s1. The Morgan fingerprint density at radius 1 is 1.23 bits per heavy atom. The lowest BCUT2D eigenvalue weighted by Crippen LogP contribution is -2.39. The van der Waals surface area contributed by atoms with Gasteiger partial charge in [0.25, 0.3) is 0 Å². The van der Waals surface area contributed by atoms with Crippen molar-refractivity contribution in [2.45, 2.75) is 57.3 Å². The Morgan fingerprint density at radius 3 is 2.62 bits per heavy atom. The summed E-state index contributed by atoms with van der Waals surface area (Å²) < 4.78 is 11.9. The second-order valence-electron chi connectivity index (χ2n) is 7.06. The minimum absolute atomic E-state index is 0. The summed E-state index contributed by atoms with van der Waals surface area (Å²) in [5.74, 6) is 1.39. The van der Waals surface area contributed by atoms with Gasteiger partial charge in [-0.15, -0.1) is 12.4 Å². The van der Waals surface area contributed by atoms with Crippen molar-refractivity contribution < 1.29 is 9.26 Å². The van der Waals surface area contributed by atoms with Gasteiger partial charge in [0, 0.05) is 23.1 Å². The van der Waals surface area contributed by atoms with E-state index in [1.807, 2.05) is 18.2 Å². The predicted molar refractivity (Wildman–Crippen MR) is 106 cm³/mol. The SMILES string of the molecule is C[C@@H]1C[C@H](OCc2c(-c3c(Cl)cccc3Cl)noc2C2CC2)CCN1.Cl. The van der Waals surface area contributed by atoms with Crippen molar-refractivity contribution in [3.63, 3.8) is 0 Å². The first-order chi connectivity index (χ1) is 12.1. The number of rotatable bonds is 5. The number of nitrogens with one attached hydrogen (secondary N) is 1. The van der Waals surface area contributed by atoms with Gasteiger partial charge in [-0.1, -0.05) is 34.4 Å². The molecule has 1 aliphatic heterocycles. The number of benzene rings is 1. The molecule has 1 aromatic heterocycles. The number of piperidine rings is 1. The number of hydrogen-bond donors (Lipinski definition) is 1. The maximum atomic E-state index is 6.39. The van der Waals surface area contributed by atoms with Crippen molar-refractivity contribution in [2.24, 2.45) is 0 Å². The number of ether oxygens (including phenoxy) is 1. The molecule has 7 heteroatoms. The molecule has 1 saturated carbocycles. The third kappa shape index (κ3) is 4.20. The van der Waals surface area contributed by atoms with Crippen LogP contribution in [0.5, 0.6) is 0 Å². The van der Waals surface area contributed by atoms with E-state index in [0.717, 1.165) is 54.8 Å². The second kappa shape index (κ2) is 8.49. The lowest BCUT2D eigenvalue weighted by molar-refractivity contribution is 0.0122. The highest BCUT2D eigenvalue weighted by Crippen LogP contribution is 2.46. The molecule has 1 saturated heterocycles. The van der Waals surface area contributed by atoms with Crippen LogP contribution in [-0.2, 0) is 11.3 Å². The average molecular weight is 418 g/mol. The zero-order valence-corrected chi connectivity index (χ0v) is 17.0. The maximum absolute atomic E-state index is 6.39. The van der Waals surface area contributed by atoms with Crippen LogP contribution >= 0.6 is 35.6 Å². The molecule has 0 amide bonds. The van der Waals surface area contributed by atoms with Crippen LogP contribution in [0.15, 0.2) is 22.7 Å². The number of halogens is 3. The van der Waals surface area contributed by atoms with Gasteiger partial charge < -0.3 is 14.6 Å². The molecule has 1 N–H and O–H groups in total. The maximum Gasteiger partial charge on any atom is 0.145 e. The Hall–Kier alpha value is -0.780. The minimum atomic E-state index is 0. The largest absolute Gasteiger partial charge is 0.373 e. The van der Waals surface area contributed by atoms with Crippen molar-refractivity contribution in [1.29, 1.82) is 0 Å². The Bertz CT molecular complexity index is 741. The number of aromatic nitrogens is 1. The fraction of sp³-hybridized carbons (Fsp3) is 0.526. The minimum Gasteiger partial charge on any atom is -0.373 e. The summed E-state index contributed by atoms with van der Waals surface area (Å²) in [5, 5.41) is 8.93. The molecular weight excluding hydrogens is 395 g/mol. The zero-order valence-electron chi connectivity index (χ0n) is 14.6. The van der Waals surface area contributed by atoms with E-state index in [2.05, 4.69) is 17.4 Å². The first-order valence-corrected chi connectivity index (χ1v) is 9.67. The molecule has 0 bridgehead atoms. The third-order valence-electron chi connectivity index (χ3n) is 5.01. The van der Waals surface area contributed by atoms with Crippen LogP contribution in [0, 0.1) is 0 Å². The van der Waals surface area contributed by atoms with E-state index < -0.39 is 0 Å². The lowest BCUT2D eigenvalue weighted by atomic mass is 10.0. The van der Waals surface area contributed by atoms with Crippen LogP contribution < -0.4 is 5.32 Å². The van der Waals surface area contributed by atoms with E-state index in [4.69, 9.17) is 32.5 Å². The van der Waals surface area contributed by atoms with Gasteiger partial charge in [-0.05, 0) is 51.3 Å². The number of hydrogen-bond acceptors (Lipinski definition) is 4. The van der Waals surface area contributed by atoms with Crippen molar-refractivity contribution in [3.05, 3.63) is 39.6 Å². The molecule has 2 heterocycles. The highest BCUT2D eigenvalue weighted by atomic mass is 35.5. The molecule has 1 aromatic carbocycles. The quantitative estimate of drug-likeness (QED) is 0.687. The van der Waals surface area contributed by atoms with E-state index in [1.165, 1.54) is 0 Å². The van der Waals surface area contributed by atoms with Crippen molar-refractivity contribution in [2.75, 3.05) is 6.54 Å². The first-order valence-electron chi connectivity index (χ1n) is 8.91. The topological polar surface area (TPSA) is 47.3 Å². The van der Waals surface area contributed by atoms with Crippen LogP contribution in [-0.4, -0.2) is 23.8 Å². The Kier molecular flexibility index (Phi) is 6.52. The molecule has 2 atom stereocenters. The molecular formula is C19H23Cl3N2O2. The summed E-state index contributed by atoms with van der Waals surface area (Å²) in [4.78, 5) is 0. The Morgan fingerprint density at radius 2 is 1.96 bits per heavy atom. The van der Waals surface area contributed by atoms with E-state index in [-0.39, 0.29) is 18.5 Å². The predicted octanol–water partition coefficient (Wildman–Crippen LogP) is 5.60. The highest BCUT2D eigenvalue weighted by Gasteiger charge is 2.34. The monoisotopic (exact) mass is 416 g/mol. The molecule has 0 unspecified atom stereocenters.